The SMILES string of the molecule is CCn1nnc2cc(C(=O)O[C@H](C)C(=O)N3c4ccccc4NC(=O)C3(C)C)ccc21. The first kappa shape index (κ1) is 20.5. The van der Waals surface area contributed by atoms with Gasteiger partial charge in [-0.05, 0) is 58.0 Å². The second-order valence-corrected chi connectivity index (χ2v) is 7.86. The highest BCUT2D eigenvalue weighted by Crippen LogP contribution is 2.37. The minimum Gasteiger partial charge on any atom is -0.449 e. The van der Waals surface area contributed by atoms with Crippen molar-refractivity contribution in [2.24, 2.45) is 0 Å². The highest BCUT2D eigenvalue weighted by atomic mass is 16.5. The van der Waals surface area contributed by atoms with Gasteiger partial charge in [0, 0.05) is 6.54 Å². The van der Waals surface area contributed by atoms with Crippen molar-refractivity contribution in [3.05, 3.63) is 48.0 Å². The number of carbonyl (C=O) groups is 3. The average molecular weight is 421 g/mol. The molecule has 0 unspecified atom stereocenters. The van der Waals surface area contributed by atoms with Gasteiger partial charge in [0.25, 0.3) is 5.91 Å². The third-order valence-corrected chi connectivity index (χ3v) is 5.41. The number of aromatic nitrogens is 3. The van der Waals surface area contributed by atoms with Gasteiger partial charge in [-0.3, -0.25) is 14.5 Å². The van der Waals surface area contributed by atoms with E-state index in [9.17, 15) is 14.4 Å². The Hall–Kier alpha value is -3.75. The summed E-state index contributed by atoms with van der Waals surface area (Å²) in [7, 11) is 0. The van der Waals surface area contributed by atoms with Gasteiger partial charge in [-0.2, -0.15) is 0 Å². The summed E-state index contributed by atoms with van der Waals surface area (Å²) in [5, 5.41) is 10.9. The van der Waals surface area contributed by atoms with Crippen LogP contribution in [-0.2, 0) is 20.9 Å². The molecule has 1 atom stereocenters. The van der Waals surface area contributed by atoms with Crippen LogP contribution in [0, 0.1) is 0 Å². The molecule has 1 aliphatic rings. The largest absolute Gasteiger partial charge is 0.449 e. The van der Waals surface area contributed by atoms with Gasteiger partial charge in [-0.1, -0.05) is 17.3 Å². The van der Waals surface area contributed by atoms with Crippen LogP contribution in [-0.4, -0.2) is 44.4 Å². The van der Waals surface area contributed by atoms with Crippen LogP contribution in [0.2, 0.25) is 0 Å². The van der Waals surface area contributed by atoms with Crippen LogP contribution in [0.1, 0.15) is 38.1 Å². The average Bonchev–Trinajstić information content (AvgIpc) is 3.16. The number of hydrogen-bond donors (Lipinski definition) is 1. The van der Waals surface area contributed by atoms with E-state index >= 15 is 0 Å². The van der Waals surface area contributed by atoms with Crippen LogP contribution in [0.25, 0.3) is 11.0 Å². The predicted octanol–water partition coefficient (Wildman–Crippen LogP) is 2.76. The Morgan fingerprint density at radius 1 is 1.19 bits per heavy atom. The predicted molar refractivity (Wildman–Crippen MR) is 115 cm³/mol. The first-order valence-electron chi connectivity index (χ1n) is 10.0. The van der Waals surface area contributed by atoms with Crippen LogP contribution in [0.15, 0.2) is 42.5 Å². The van der Waals surface area contributed by atoms with E-state index in [1.54, 1.807) is 61.0 Å². The van der Waals surface area contributed by atoms with E-state index in [0.717, 1.165) is 5.52 Å². The van der Waals surface area contributed by atoms with Crippen molar-refractivity contribution in [3.63, 3.8) is 0 Å². The van der Waals surface area contributed by atoms with Crippen molar-refractivity contribution in [1.82, 2.24) is 15.0 Å². The van der Waals surface area contributed by atoms with Crippen LogP contribution < -0.4 is 10.2 Å². The Morgan fingerprint density at radius 2 is 1.94 bits per heavy atom. The Kier molecular flexibility index (Phi) is 4.96. The lowest BCUT2D eigenvalue weighted by atomic mass is 9.95. The van der Waals surface area contributed by atoms with Gasteiger partial charge < -0.3 is 10.1 Å². The minimum atomic E-state index is -1.15. The van der Waals surface area contributed by atoms with E-state index in [1.165, 1.54) is 11.8 Å². The molecule has 0 saturated carbocycles. The van der Waals surface area contributed by atoms with Crippen molar-refractivity contribution < 1.29 is 19.1 Å². The lowest BCUT2D eigenvalue weighted by Gasteiger charge is -2.42. The number of para-hydroxylation sites is 2. The summed E-state index contributed by atoms with van der Waals surface area (Å²) >= 11 is 0. The number of benzene rings is 2. The van der Waals surface area contributed by atoms with E-state index in [-0.39, 0.29) is 11.5 Å². The molecular weight excluding hydrogens is 398 g/mol. The summed E-state index contributed by atoms with van der Waals surface area (Å²) in [6, 6.07) is 12.0. The molecule has 0 radical (unpaired) electrons. The number of rotatable bonds is 4. The van der Waals surface area contributed by atoms with Gasteiger partial charge in [-0.15, -0.1) is 5.10 Å². The Bertz CT molecular complexity index is 1200. The molecule has 160 valence electrons. The van der Waals surface area contributed by atoms with E-state index in [4.69, 9.17) is 4.74 Å². The molecule has 2 heterocycles. The molecule has 9 nitrogen and oxygen atoms in total. The summed E-state index contributed by atoms with van der Waals surface area (Å²) in [5.74, 6) is -1.46. The quantitative estimate of drug-likeness (QED) is 0.649. The fourth-order valence-electron chi connectivity index (χ4n) is 3.64. The fraction of sp³-hybridized carbons (Fsp3) is 0.318. The van der Waals surface area contributed by atoms with Crippen LogP contribution in [0.5, 0.6) is 0 Å². The van der Waals surface area contributed by atoms with Crippen molar-refractivity contribution >= 4 is 40.2 Å². The van der Waals surface area contributed by atoms with E-state index in [0.29, 0.717) is 23.4 Å². The molecule has 31 heavy (non-hydrogen) atoms. The maximum atomic E-state index is 13.3. The van der Waals surface area contributed by atoms with E-state index < -0.39 is 23.5 Å². The third kappa shape index (κ3) is 3.41. The number of ether oxygens (including phenoxy) is 1. The topological polar surface area (TPSA) is 106 Å². The van der Waals surface area contributed by atoms with Gasteiger partial charge in [-0.25, -0.2) is 9.48 Å². The second-order valence-electron chi connectivity index (χ2n) is 7.86. The fourth-order valence-corrected chi connectivity index (χ4v) is 3.64. The number of nitrogens with one attached hydrogen (secondary N) is 1. The minimum absolute atomic E-state index is 0.270. The summed E-state index contributed by atoms with van der Waals surface area (Å²) in [6.45, 7) is 7.40. The molecule has 2 aromatic carbocycles. The monoisotopic (exact) mass is 421 g/mol. The summed E-state index contributed by atoms with van der Waals surface area (Å²) < 4.78 is 7.18. The number of fused-ring (bicyclic) bond motifs is 2. The second kappa shape index (κ2) is 7.50. The van der Waals surface area contributed by atoms with E-state index in [1.807, 2.05) is 6.92 Å². The maximum absolute atomic E-state index is 13.3. The molecule has 3 aromatic rings. The zero-order chi connectivity index (χ0) is 22.3. The zero-order valence-corrected chi connectivity index (χ0v) is 17.7. The molecule has 0 aliphatic carbocycles. The number of esters is 1. The van der Waals surface area contributed by atoms with Crippen molar-refractivity contribution in [2.75, 3.05) is 10.2 Å². The molecule has 0 fully saturated rings. The van der Waals surface area contributed by atoms with Crippen LogP contribution >= 0.6 is 0 Å². The first-order valence-corrected chi connectivity index (χ1v) is 10.0. The number of amides is 2. The standard InChI is InChI=1S/C22H23N5O4/c1-5-26-17-11-10-14(12-16(17)24-25-26)20(29)31-13(2)19(28)27-18-9-7-6-8-15(18)23-21(30)22(27,3)4/h6-13H,5H2,1-4H3,(H,23,30)/t13-/m1/s1. The Balaban J connectivity index is 1.58. The normalized spacial score (nSPS) is 15.9. The van der Waals surface area contributed by atoms with Crippen molar-refractivity contribution in [1.29, 1.82) is 0 Å². The molecule has 1 N–H and O–H groups in total. The van der Waals surface area contributed by atoms with Crippen LogP contribution in [0.4, 0.5) is 11.4 Å². The molecule has 4 rings (SSSR count). The summed E-state index contributed by atoms with van der Waals surface area (Å²) in [4.78, 5) is 40.0. The highest BCUT2D eigenvalue weighted by molar-refractivity contribution is 6.15. The Morgan fingerprint density at radius 3 is 2.68 bits per heavy atom. The van der Waals surface area contributed by atoms with E-state index in [2.05, 4.69) is 15.6 Å². The third-order valence-electron chi connectivity index (χ3n) is 5.41. The summed E-state index contributed by atoms with van der Waals surface area (Å²) in [5.41, 5.74) is 1.58. The molecule has 9 heteroatoms. The van der Waals surface area contributed by atoms with Gasteiger partial charge in [0.1, 0.15) is 11.1 Å². The molecule has 2 amide bonds. The van der Waals surface area contributed by atoms with Gasteiger partial charge in [0.15, 0.2) is 6.10 Å². The molecular formula is C22H23N5O4. The summed E-state index contributed by atoms with van der Waals surface area (Å²) in [6.07, 6.45) is -1.10. The van der Waals surface area contributed by atoms with Gasteiger partial charge >= 0.3 is 5.97 Å². The number of carbonyl (C=O) groups excluding carboxylic acids is 3. The lowest BCUT2D eigenvalue weighted by molar-refractivity contribution is -0.131. The highest BCUT2D eigenvalue weighted by Gasteiger charge is 2.45. The molecule has 0 bridgehead atoms. The molecule has 1 aliphatic heterocycles. The molecule has 1 aromatic heterocycles. The van der Waals surface area contributed by atoms with Gasteiger partial charge in [0.2, 0.25) is 5.91 Å². The first-order chi connectivity index (χ1) is 14.7. The molecule has 0 spiro atoms. The number of anilines is 2. The lowest BCUT2D eigenvalue weighted by Crippen LogP contribution is -2.60. The molecule has 0 saturated heterocycles. The van der Waals surface area contributed by atoms with Crippen molar-refractivity contribution in [3.8, 4) is 0 Å². The number of nitrogens with zero attached hydrogens (tertiary/aromatic N) is 4. The van der Waals surface area contributed by atoms with Gasteiger partial charge in [0.05, 0.1) is 22.5 Å². The number of hydrogen-bond acceptors (Lipinski definition) is 6. The van der Waals surface area contributed by atoms with Crippen molar-refractivity contribution in [2.45, 2.75) is 45.9 Å². The Labute approximate surface area is 179 Å². The van der Waals surface area contributed by atoms with Crippen LogP contribution in [0.3, 0.4) is 0 Å². The zero-order valence-electron chi connectivity index (χ0n) is 17.7. The number of aryl methyl sites for hydroxylation is 1. The maximum Gasteiger partial charge on any atom is 0.338 e. The smallest absolute Gasteiger partial charge is 0.338 e.